The lowest BCUT2D eigenvalue weighted by molar-refractivity contribution is -0.138. The molecule has 1 N–H and O–H groups in total. The number of hydrogen-bond acceptors (Lipinski definition) is 4. The first-order valence-electron chi connectivity index (χ1n) is 7.44. The molecule has 0 bridgehead atoms. The molecule has 0 radical (unpaired) electrons. The first-order valence-corrected chi connectivity index (χ1v) is 7.44. The van der Waals surface area contributed by atoms with Crippen molar-refractivity contribution in [2.75, 3.05) is 52.6 Å². The zero-order chi connectivity index (χ0) is 13.9. The highest BCUT2D eigenvalue weighted by Crippen LogP contribution is 2.15. The van der Waals surface area contributed by atoms with Crippen LogP contribution in [-0.4, -0.2) is 63.4 Å². The van der Waals surface area contributed by atoms with Gasteiger partial charge in [-0.15, -0.1) is 0 Å². The number of carbonyl (C=O) groups is 1. The molecule has 0 atom stereocenters. The van der Waals surface area contributed by atoms with Crippen LogP contribution in [0.5, 0.6) is 0 Å². The van der Waals surface area contributed by atoms with Crippen LogP contribution in [0.1, 0.15) is 26.7 Å². The molecule has 0 saturated carbocycles. The Labute approximate surface area is 116 Å². The van der Waals surface area contributed by atoms with E-state index in [0.717, 1.165) is 25.9 Å². The third-order valence-electron chi connectivity index (χ3n) is 3.42. The van der Waals surface area contributed by atoms with Crippen LogP contribution in [0, 0.1) is 5.92 Å². The van der Waals surface area contributed by atoms with Crippen molar-refractivity contribution >= 4 is 5.91 Å². The molecule has 0 aromatic heterocycles. The summed E-state index contributed by atoms with van der Waals surface area (Å²) in [6.45, 7) is 9.79. The van der Waals surface area contributed by atoms with Crippen molar-refractivity contribution in [3.8, 4) is 0 Å². The molecule has 1 aliphatic heterocycles. The van der Waals surface area contributed by atoms with Crippen molar-refractivity contribution in [1.29, 1.82) is 0 Å². The van der Waals surface area contributed by atoms with Crippen LogP contribution in [0.15, 0.2) is 0 Å². The number of amides is 1. The minimum absolute atomic E-state index is 0.171. The second-order valence-electron chi connectivity index (χ2n) is 4.74. The molecule has 1 aliphatic rings. The maximum atomic E-state index is 12.5. The van der Waals surface area contributed by atoms with Crippen molar-refractivity contribution in [2.24, 2.45) is 5.92 Å². The van der Waals surface area contributed by atoms with Gasteiger partial charge in [0.2, 0.25) is 5.91 Å². The molecule has 1 fully saturated rings. The monoisotopic (exact) mass is 272 g/mol. The fourth-order valence-corrected chi connectivity index (χ4v) is 2.30. The number of hydrogen-bond donors (Lipinski definition) is 1. The van der Waals surface area contributed by atoms with Gasteiger partial charge in [0.25, 0.3) is 0 Å². The summed E-state index contributed by atoms with van der Waals surface area (Å²) < 4.78 is 10.7. The van der Waals surface area contributed by atoms with Gasteiger partial charge in [0, 0.05) is 32.2 Å². The molecule has 112 valence electrons. The highest BCUT2D eigenvalue weighted by molar-refractivity contribution is 5.79. The average molecular weight is 272 g/mol. The Hall–Kier alpha value is -0.650. The molecule has 1 rings (SSSR count). The van der Waals surface area contributed by atoms with Gasteiger partial charge in [-0.2, -0.15) is 0 Å². The summed E-state index contributed by atoms with van der Waals surface area (Å²) in [4.78, 5) is 14.4. The topological polar surface area (TPSA) is 50.8 Å². The summed E-state index contributed by atoms with van der Waals surface area (Å²) in [7, 11) is 0. The lowest BCUT2D eigenvalue weighted by Gasteiger charge is -2.29. The van der Waals surface area contributed by atoms with E-state index in [9.17, 15) is 4.79 Å². The fraction of sp³-hybridized carbons (Fsp3) is 0.929. The third-order valence-corrected chi connectivity index (χ3v) is 3.42. The minimum Gasteiger partial charge on any atom is -0.380 e. The zero-order valence-electron chi connectivity index (χ0n) is 12.3. The highest BCUT2D eigenvalue weighted by atomic mass is 16.5. The van der Waals surface area contributed by atoms with Gasteiger partial charge in [-0.05, 0) is 39.8 Å². The van der Waals surface area contributed by atoms with Crippen molar-refractivity contribution in [3.63, 3.8) is 0 Å². The minimum atomic E-state index is 0.171. The van der Waals surface area contributed by atoms with Crippen LogP contribution < -0.4 is 5.32 Å². The van der Waals surface area contributed by atoms with Gasteiger partial charge in [0.1, 0.15) is 0 Å². The van der Waals surface area contributed by atoms with Gasteiger partial charge >= 0.3 is 0 Å². The van der Waals surface area contributed by atoms with E-state index in [1.165, 1.54) is 0 Å². The SMILES string of the molecule is CCOCCN(CCOCC)C(=O)C1CCNCC1. The van der Waals surface area contributed by atoms with Gasteiger partial charge in [-0.3, -0.25) is 4.79 Å². The molecule has 0 aromatic rings. The summed E-state index contributed by atoms with van der Waals surface area (Å²) >= 11 is 0. The zero-order valence-corrected chi connectivity index (χ0v) is 12.3. The highest BCUT2D eigenvalue weighted by Gasteiger charge is 2.25. The van der Waals surface area contributed by atoms with Crippen molar-refractivity contribution in [3.05, 3.63) is 0 Å². The Morgan fingerprint density at radius 2 is 1.63 bits per heavy atom. The van der Waals surface area contributed by atoms with Crippen LogP contribution in [0.4, 0.5) is 0 Å². The van der Waals surface area contributed by atoms with Crippen LogP contribution in [0.2, 0.25) is 0 Å². The first kappa shape index (κ1) is 16.4. The molecule has 5 nitrogen and oxygen atoms in total. The predicted molar refractivity (Wildman–Crippen MR) is 75.2 cm³/mol. The number of nitrogens with zero attached hydrogens (tertiary/aromatic N) is 1. The first-order chi connectivity index (χ1) is 9.29. The Morgan fingerprint density at radius 3 is 2.11 bits per heavy atom. The normalized spacial score (nSPS) is 16.5. The van der Waals surface area contributed by atoms with E-state index < -0.39 is 0 Å². The Morgan fingerprint density at radius 1 is 1.11 bits per heavy atom. The summed E-state index contributed by atoms with van der Waals surface area (Å²) in [6.07, 6.45) is 1.89. The van der Waals surface area contributed by atoms with Gasteiger partial charge in [0.05, 0.1) is 13.2 Å². The second-order valence-corrected chi connectivity index (χ2v) is 4.74. The van der Waals surface area contributed by atoms with E-state index in [2.05, 4.69) is 5.32 Å². The van der Waals surface area contributed by atoms with E-state index >= 15 is 0 Å². The van der Waals surface area contributed by atoms with Crippen LogP contribution in [-0.2, 0) is 14.3 Å². The molecule has 19 heavy (non-hydrogen) atoms. The summed E-state index contributed by atoms with van der Waals surface area (Å²) in [6, 6.07) is 0. The third kappa shape index (κ3) is 6.36. The number of rotatable bonds is 9. The summed E-state index contributed by atoms with van der Waals surface area (Å²) in [5.74, 6) is 0.436. The predicted octanol–water partition coefficient (Wildman–Crippen LogP) is 0.888. The van der Waals surface area contributed by atoms with Gasteiger partial charge < -0.3 is 19.7 Å². The largest absolute Gasteiger partial charge is 0.380 e. The van der Waals surface area contributed by atoms with E-state index in [1.807, 2.05) is 18.7 Å². The molecule has 5 heteroatoms. The van der Waals surface area contributed by atoms with Crippen molar-refractivity contribution < 1.29 is 14.3 Å². The number of ether oxygens (including phenoxy) is 2. The molecule has 0 unspecified atom stereocenters. The summed E-state index contributed by atoms with van der Waals surface area (Å²) in [5.41, 5.74) is 0. The van der Waals surface area contributed by atoms with Gasteiger partial charge in [-0.25, -0.2) is 0 Å². The second kappa shape index (κ2) is 10.2. The molecular formula is C14H28N2O3. The number of nitrogens with one attached hydrogen (secondary N) is 1. The Kier molecular flexibility index (Phi) is 8.79. The molecule has 0 spiro atoms. The molecular weight excluding hydrogens is 244 g/mol. The van der Waals surface area contributed by atoms with E-state index in [4.69, 9.17) is 9.47 Å². The Balaban J connectivity index is 2.41. The lowest BCUT2D eigenvalue weighted by atomic mass is 9.96. The maximum Gasteiger partial charge on any atom is 0.225 e. The van der Waals surface area contributed by atoms with E-state index in [0.29, 0.717) is 39.5 Å². The summed E-state index contributed by atoms with van der Waals surface area (Å²) in [5, 5.41) is 3.29. The molecule has 1 saturated heterocycles. The molecule has 1 amide bonds. The van der Waals surface area contributed by atoms with E-state index in [1.54, 1.807) is 0 Å². The average Bonchev–Trinajstić information content (AvgIpc) is 2.46. The van der Waals surface area contributed by atoms with Crippen molar-refractivity contribution in [2.45, 2.75) is 26.7 Å². The molecule has 1 heterocycles. The molecule has 0 aliphatic carbocycles. The number of carbonyl (C=O) groups excluding carboxylic acids is 1. The lowest BCUT2D eigenvalue weighted by Crippen LogP contribution is -2.43. The quantitative estimate of drug-likeness (QED) is 0.633. The standard InChI is InChI=1S/C14H28N2O3/c1-3-18-11-9-16(10-12-19-4-2)14(17)13-5-7-15-8-6-13/h13,15H,3-12H2,1-2H3. The fourth-order valence-electron chi connectivity index (χ4n) is 2.30. The van der Waals surface area contributed by atoms with Crippen LogP contribution in [0.3, 0.4) is 0 Å². The maximum absolute atomic E-state index is 12.5. The van der Waals surface area contributed by atoms with Crippen LogP contribution in [0.25, 0.3) is 0 Å². The Bertz CT molecular complexity index is 233. The van der Waals surface area contributed by atoms with E-state index in [-0.39, 0.29) is 11.8 Å². The van der Waals surface area contributed by atoms with Gasteiger partial charge in [0.15, 0.2) is 0 Å². The van der Waals surface area contributed by atoms with Crippen LogP contribution >= 0.6 is 0 Å². The smallest absolute Gasteiger partial charge is 0.225 e. The van der Waals surface area contributed by atoms with Crippen molar-refractivity contribution in [1.82, 2.24) is 10.2 Å². The molecule has 0 aromatic carbocycles. The number of piperidine rings is 1. The van der Waals surface area contributed by atoms with Gasteiger partial charge in [-0.1, -0.05) is 0 Å².